The van der Waals surface area contributed by atoms with Crippen LogP contribution in [0.5, 0.6) is 0 Å². The van der Waals surface area contributed by atoms with E-state index in [4.69, 9.17) is 17.3 Å². The molecule has 1 amide bonds. The first-order valence-corrected chi connectivity index (χ1v) is 8.78. The molecule has 1 aromatic carbocycles. The molecule has 0 fully saturated rings. The number of nitrogens with one attached hydrogen (secondary N) is 2. The summed E-state index contributed by atoms with van der Waals surface area (Å²) in [5.41, 5.74) is 12.9. The zero-order chi connectivity index (χ0) is 18.0. The number of hydrogen-bond acceptors (Lipinski definition) is 4. The lowest BCUT2D eigenvalue weighted by atomic mass is 10.2. The monoisotopic (exact) mass is 372 g/mol. The summed E-state index contributed by atoms with van der Waals surface area (Å²) in [6, 6.07) is 11.1. The number of anilines is 1. The number of rotatable bonds is 4. The van der Waals surface area contributed by atoms with Gasteiger partial charge in [-0.05, 0) is 43.7 Å². The van der Waals surface area contributed by atoms with Crippen LogP contribution in [0.15, 0.2) is 41.5 Å². The number of H-pyrrole nitrogens is 1. The van der Waals surface area contributed by atoms with Crippen molar-refractivity contribution in [3.63, 3.8) is 0 Å². The topological polar surface area (TPSA) is 83.3 Å². The Kier molecular flexibility index (Phi) is 4.92. The molecule has 25 heavy (non-hydrogen) atoms. The van der Waals surface area contributed by atoms with Crippen LogP contribution in [0.4, 0.5) is 5.69 Å². The molecule has 2 aromatic heterocycles. The van der Waals surface area contributed by atoms with Crippen LogP contribution < -0.4 is 11.2 Å². The molecule has 3 rings (SSSR count). The third-order valence-corrected chi connectivity index (χ3v) is 5.11. The molecule has 2 heterocycles. The highest BCUT2D eigenvalue weighted by Gasteiger charge is 2.15. The third-order valence-electron chi connectivity index (χ3n) is 3.66. The van der Waals surface area contributed by atoms with Crippen molar-refractivity contribution in [3.8, 4) is 10.4 Å². The number of carbonyl (C=O) groups excluding carboxylic acids is 1. The lowest BCUT2D eigenvalue weighted by Gasteiger charge is -1.98. The van der Waals surface area contributed by atoms with Gasteiger partial charge in [-0.3, -0.25) is 4.79 Å². The fourth-order valence-electron chi connectivity index (χ4n) is 2.43. The first-order valence-electron chi connectivity index (χ1n) is 7.59. The number of hydrazone groups is 1. The van der Waals surface area contributed by atoms with Crippen molar-refractivity contribution >= 4 is 40.7 Å². The van der Waals surface area contributed by atoms with Crippen LogP contribution in [0.2, 0.25) is 5.02 Å². The number of nitrogens with two attached hydrogens (primary N) is 1. The van der Waals surface area contributed by atoms with Crippen LogP contribution in [0.25, 0.3) is 10.4 Å². The van der Waals surface area contributed by atoms with E-state index in [1.807, 2.05) is 32.0 Å². The molecule has 3 aromatic rings. The lowest BCUT2D eigenvalue weighted by molar-refractivity contribution is 0.0960. The SMILES string of the molecule is Cc1cc(/C=N/NC(=O)c2sc(-c3ccc(Cl)cc3)cc2N)c(C)[nH]1. The zero-order valence-corrected chi connectivity index (χ0v) is 15.3. The maximum atomic E-state index is 12.3. The van der Waals surface area contributed by atoms with Gasteiger partial charge in [-0.1, -0.05) is 23.7 Å². The molecule has 0 saturated heterocycles. The van der Waals surface area contributed by atoms with E-state index in [1.165, 1.54) is 11.3 Å². The summed E-state index contributed by atoms with van der Waals surface area (Å²) in [4.78, 5) is 16.8. The minimum absolute atomic E-state index is 0.330. The van der Waals surface area contributed by atoms with E-state index in [-0.39, 0.29) is 5.91 Å². The molecular formula is C18H17ClN4OS. The number of halogens is 1. The van der Waals surface area contributed by atoms with Crippen LogP contribution >= 0.6 is 22.9 Å². The number of nitrogen functional groups attached to an aromatic ring is 1. The number of benzene rings is 1. The van der Waals surface area contributed by atoms with Crippen molar-refractivity contribution in [2.45, 2.75) is 13.8 Å². The van der Waals surface area contributed by atoms with E-state index >= 15 is 0 Å². The van der Waals surface area contributed by atoms with Crippen LogP contribution in [-0.4, -0.2) is 17.1 Å². The summed E-state index contributed by atoms with van der Waals surface area (Å²) in [6.07, 6.45) is 1.61. The molecule has 0 saturated carbocycles. The average Bonchev–Trinajstić information content (AvgIpc) is 3.10. The molecule has 4 N–H and O–H groups in total. The van der Waals surface area contributed by atoms with E-state index in [1.54, 1.807) is 24.4 Å². The van der Waals surface area contributed by atoms with Crippen LogP contribution in [0.1, 0.15) is 26.6 Å². The summed E-state index contributed by atoms with van der Waals surface area (Å²) >= 11 is 7.22. The minimum Gasteiger partial charge on any atom is -0.397 e. The van der Waals surface area contributed by atoms with Gasteiger partial charge in [-0.25, -0.2) is 5.43 Å². The molecular weight excluding hydrogens is 356 g/mol. The number of aromatic nitrogens is 1. The number of thiophene rings is 1. The molecule has 128 valence electrons. The van der Waals surface area contributed by atoms with Crippen molar-refractivity contribution in [1.82, 2.24) is 10.4 Å². The Hall–Kier alpha value is -2.57. The number of nitrogens with zero attached hydrogens (tertiary/aromatic N) is 1. The second-order valence-corrected chi connectivity index (χ2v) is 7.12. The van der Waals surface area contributed by atoms with Crippen molar-refractivity contribution in [3.05, 3.63) is 63.2 Å². The summed E-state index contributed by atoms with van der Waals surface area (Å²) in [7, 11) is 0. The van der Waals surface area contributed by atoms with E-state index in [9.17, 15) is 4.79 Å². The molecule has 0 atom stereocenters. The number of carbonyl (C=O) groups is 1. The van der Waals surface area contributed by atoms with Gasteiger partial charge in [0.05, 0.1) is 11.9 Å². The second-order valence-electron chi connectivity index (χ2n) is 5.63. The third kappa shape index (κ3) is 3.92. The maximum absolute atomic E-state index is 12.3. The Labute approximate surface area is 154 Å². The number of amides is 1. The fourth-order valence-corrected chi connectivity index (χ4v) is 3.53. The van der Waals surface area contributed by atoms with E-state index in [2.05, 4.69) is 15.5 Å². The average molecular weight is 373 g/mol. The van der Waals surface area contributed by atoms with Crippen LogP contribution in [0.3, 0.4) is 0 Å². The number of aromatic amines is 1. The van der Waals surface area contributed by atoms with E-state index in [0.29, 0.717) is 15.6 Å². The Morgan fingerprint density at radius 2 is 2.00 bits per heavy atom. The molecule has 0 unspecified atom stereocenters. The number of hydrogen-bond donors (Lipinski definition) is 3. The molecule has 0 radical (unpaired) electrons. The molecule has 5 nitrogen and oxygen atoms in total. The Morgan fingerprint density at radius 3 is 2.64 bits per heavy atom. The number of aryl methyl sites for hydroxylation is 2. The molecule has 0 aliphatic rings. The first-order chi connectivity index (χ1) is 11.9. The molecule has 0 aliphatic carbocycles. The maximum Gasteiger partial charge on any atom is 0.283 e. The largest absolute Gasteiger partial charge is 0.397 e. The standard InChI is InChI=1S/C18H17ClN4OS/c1-10-7-13(11(2)22-10)9-21-23-18(24)17-15(20)8-16(25-17)12-3-5-14(19)6-4-12/h3-9,22H,20H2,1-2H3,(H,23,24)/b21-9+. The predicted octanol–water partition coefficient (Wildman–Crippen LogP) is 4.36. The summed E-state index contributed by atoms with van der Waals surface area (Å²) in [5.74, 6) is -0.330. The van der Waals surface area contributed by atoms with Crippen molar-refractivity contribution in [1.29, 1.82) is 0 Å². The van der Waals surface area contributed by atoms with Gasteiger partial charge in [-0.2, -0.15) is 5.10 Å². The molecule has 0 bridgehead atoms. The highest BCUT2D eigenvalue weighted by molar-refractivity contribution is 7.18. The molecule has 0 spiro atoms. The zero-order valence-electron chi connectivity index (χ0n) is 13.8. The normalized spacial score (nSPS) is 11.2. The summed E-state index contributed by atoms with van der Waals surface area (Å²) < 4.78 is 0. The van der Waals surface area contributed by atoms with E-state index in [0.717, 1.165) is 27.4 Å². The van der Waals surface area contributed by atoms with Gasteiger partial charge in [0.15, 0.2) is 0 Å². The Bertz CT molecular complexity index is 941. The van der Waals surface area contributed by atoms with Gasteiger partial charge in [0.2, 0.25) is 0 Å². The van der Waals surface area contributed by atoms with Crippen LogP contribution in [-0.2, 0) is 0 Å². The van der Waals surface area contributed by atoms with Crippen molar-refractivity contribution in [2.75, 3.05) is 5.73 Å². The van der Waals surface area contributed by atoms with Gasteiger partial charge in [0.1, 0.15) is 4.88 Å². The van der Waals surface area contributed by atoms with E-state index < -0.39 is 0 Å². The smallest absolute Gasteiger partial charge is 0.283 e. The Morgan fingerprint density at radius 1 is 1.28 bits per heavy atom. The lowest BCUT2D eigenvalue weighted by Crippen LogP contribution is -2.17. The second kappa shape index (κ2) is 7.13. The van der Waals surface area contributed by atoms with Crippen molar-refractivity contribution in [2.24, 2.45) is 5.10 Å². The summed E-state index contributed by atoms with van der Waals surface area (Å²) in [5, 5.41) is 4.68. The first kappa shape index (κ1) is 17.3. The molecule has 7 heteroatoms. The predicted molar refractivity (Wildman–Crippen MR) is 105 cm³/mol. The van der Waals surface area contributed by atoms with Gasteiger partial charge < -0.3 is 10.7 Å². The highest BCUT2D eigenvalue weighted by Crippen LogP contribution is 2.33. The van der Waals surface area contributed by atoms with Crippen molar-refractivity contribution < 1.29 is 4.79 Å². The van der Waals surface area contributed by atoms with Gasteiger partial charge >= 0.3 is 0 Å². The van der Waals surface area contributed by atoms with Gasteiger partial charge in [-0.15, -0.1) is 11.3 Å². The van der Waals surface area contributed by atoms with Gasteiger partial charge in [0, 0.05) is 26.9 Å². The molecule has 0 aliphatic heterocycles. The highest BCUT2D eigenvalue weighted by atomic mass is 35.5. The fraction of sp³-hybridized carbons (Fsp3) is 0.111. The quantitative estimate of drug-likeness (QED) is 0.469. The minimum atomic E-state index is -0.330. The Balaban J connectivity index is 1.74. The summed E-state index contributed by atoms with van der Waals surface area (Å²) in [6.45, 7) is 3.92. The van der Waals surface area contributed by atoms with Gasteiger partial charge in [0.25, 0.3) is 5.91 Å². The van der Waals surface area contributed by atoms with Crippen LogP contribution in [0, 0.1) is 13.8 Å².